The maximum atomic E-state index is 5.31. The fourth-order valence-corrected chi connectivity index (χ4v) is 2.05. The first-order valence-corrected chi connectivity index (χ1v) is 5.41. The Morgan fingerprint density at radius 2 is 1.94 bits per heavy atom. The molecule has 1 aliphatic carbocycles. The Balaban J connectivity index is 2.18. The van der Waals surface area contributed by atoms with Crippen molar-refractivity contribution in [2.24, 2.45) is 0 Å². The zero-order chi connectivity index (χ0) is 11.7. The van der Waals surface area contributed by atoms with Crippen LogP contribution in [0.25, 0.3) is 22.3 Å². The van der Waals surface area contributed by atoms with Crippen molar-refractivity contribution in [2.45, 2.75) is 0 Å². The minimum atomic E-state index is 0.550. The average molecular weight is 223 g/mol. The van der Waals surface area contributed by atoms with Crippen LogP contribution in [0.2, 0.25) is 0 Å². The van der Waals surface area contributed by atoms with E-state index in [-0.39, 0.29) is 0 Å². The van der Waals surface area contributed by atoms with Gasteiger partial charge in [0.15, 0.2) is 0 Å². The van der Waals surface area contributed by atoms with Crippen molar-refractivity contribution in [1.82, 2.24) is 0 Å². The highest BCUT2D eigenvalue weighted by Crippen LogP contribution is 2.40. The molecule has 0 bridgehead atoms. The van der Waals surface area contributed by atoms with Crippen molar-refractivity contribution in [3.05, 3.63) is 54.8 Å². The normalized spacial score (nSPS) is 10.6. The molecule has 1 heterocycles. The minimum absolute atomic E-state index is 0.550. The Labute approximate surface area is 99.8 Å². The number of ether oxygens (including phenoxy) is 1. The van der Waals surface area contributed by atoms with Gasteiger partial charge in [0.05, 0.1) is 18.9 Å². The summed E-state index contributed by atoms with van der Waals surface area (Å²) in [7, 11) is 1.61. The zero-order valence-corrected chi connectivity index (χ0v) is 9.44. The van der Waals surface area contributed by atoms with E-state index < -0.39 is 0 Å². The molecule has 17 heavy (non-hydrogen) atoms. The molecule has 2 heteroatoms. The van der Waals surface area contributed by atoms with E-state index in [1.165, 1.54) is 5.56 Å². The molecule has 1 aromatic carbocycles. The van der Waals surface area contributed by atoms with Crippen LogP contribution in [0.3, 0.4) is 0 Å². The molecule has 0 aromatic heterocycles. The van der Waals surface area contributed by atoms with Gasteiger partial charge in [0.2, 0.25) is 0 Å². The van der Waals surface area contributed by atoms with E-state index >= 15 is 0 Å². The summed E-state index contributed by atoms with van der Waals surface area (Å²) in [6.45, 7) is 0. The van der Waals surface area contributed by atoms with Gasteiger partial charge < -0.3 is 9.15 Å². The number of benzene rings is 1. The predicted molar refractivity (Wildman–Crippen MR) is 66.2 cm³/mol. The summed E-state index contributed by atoms with van der Waals surface area (Å²) in [6.07, 6.45) is 1.65. The van der Waals surface area contributed by atoms with Gasteiger partial charge in [0.25, 0.3) is 5.95 Å². The van der Waals surface area contributed by atoms with Gasteiger partial charge in [-0.1, -0.05) is 24.3 Å². The monoisotopic (exact) mass is 223 g/mol. The molecule has 0 unspecified atom stereocenters. The van der Waals surface area contributed by atoms with Crippen molar-refractivity contribution in [1.29, 1.82) is 0 Å². The van der Waals surface area contributed by atoms with Gasteiger partial charge in [0.1, 0.15) is 0 Å². The van der Waals surface area contributed by atoms with E-state index in [9.17, 15) is 0 Å². The van der Waals surface area contributed by atoms with Crippen LogP contribution in [0.5, 0.6) is 5.95 Å². The average Bonchev–Trinajstić information content (AvgIpc) is 2.83. The summed E-state index contributed by atoms with van der Waals surface area (Å²) in [5.41, 5.74) is 4.45. The molecule has 3 rings (SSSR count). The third-order valence-corrected chi connectivity index (χ3v) is 2.83. The molecule has 1 radical (unpaired) electrons. The first-order valence-electron chi connectivity index (χ1n) is 5.41. The molecule has 1 aliphatic heterocycles. The molecule has 2 aliphatic rings. The van der Waals surface area contributed by atoms with Crippen LogP contribution in [0, 0.1) is 6.07 Å². The molecule has 83 valence electrons. The van der Waals surface area contributed by atoms with Crippen molar-refractivity contribution in [2.75, 3.05) is 7.11 Å². The Bertz CT molecular complexity index is 596. The highest BCUT2D eigenvalue weighted by atomic mass is 16.6. The van der Waals surface area contributed by atoms with E-state index in [1.807, 2.05) is 30.3 Å². The molecule has 0 N–H and O–H groups in total. The fraction of sp³-hybridized carbons (Fsp3) is 0.0667. The van der Waals surface area contributed by atoms with Crippen molar-refractivity contribution >= 4 is 0 Å². The molecule has 1 aromatic rings. The van der Waals surface area contributed by atoms with Crippen LogP contribution in [-0.4, -0.2) is 7.11 Å². The second kappa shape index (κ2) is 3.98. The smallest absolute Gasteiger partial charge is 0.292 e. The van der Waals surface area contributed by atoms with Crippen LogP contribution in [0.1, 0.15) is 0 Å². The van der Waals surface area contributed by atoms with E-state index in [4.69, 9.17) is 9.15 Å². The Morgan fingerprint density at radius 1 is 1.06 bits per heavy atom. The minimum Gasteiger partial charge on any atom is -0.468 e. The first kappa shape index (κ1) is 9.97. The highest BCUT2D eigenvalue weighted by molar-refractivity contribution is 5.88. The van der Waals surface area contributed by atoms with Gasteiger partial charge in [-0.15, -0.1) is 0 Å². The molecule has 0 atom stereocenters. The predicted octanol–water partition coefficient (Wildman–Crippen LogP) is 3.86. The van der Waals surface area contributed by atoms with Gasteiger partial charge in [-0.3, -0.25) is 0 Å². The second-order valence-electron chi connectivity index (χ2n) is 3.78. The van der Waals surface area contributed by atoms with E-state index in [1.54, 1.807) is 13.4 Å². The SMILES string of the molecule is COc1occc2c(-c3c[c]ccc3)ccc1-2. The quantitative estimate of drug-likeness (QED) is 0.658. The van der Waals surface area contributed by atoms with Crippen molar-refractivity contribution in [3.63, 3.8) is 0 Å². The lowest BCUT2D eigenvalue weighted by atomic mass is 10.0. The molecule has 0 saturated heterocycles. The Morgan fingerprint density at radius 3 is 2.71 bits per heavy atom. The number of hydrogen-bond donors (Lipinski definition) is 0. The number of rotatable bonds is 2. The summed E-state index contributed by atoms with van der Waals surface area (Å²) < 4.78 is 10.5. The van der Waals surface area contributed by atoms with Crippen LogP contribution >= 0.6 is 0 Å². The standard InChI is InChI=1S/C15H11O2/c1-16-15-14-8-7-12(13(14)9-10-17-15)11-5-3-2-4-6-11/h2-3,5-10H,1H3. The van der Waals surface area contributed by atoms with Gasteiger partial charge in [0, 0.05) is 0 Å². The van der Waals surface area contributed by atoms with Crippen LogP contribution < -0.4 is 4.74 Å². The maximum Gasteiger partial charge on any atom is 0.292 e. The Hall–Kier alpha value is -2.22. The third-order valence-electron chi connectivity index (χ3n) is 2.83. The van der Waals surface area contributed by atoms with Crippen molar-refractivity contribution in [3.8, 4) is 28.2 Å². The van der Waals surface area contributed by atoms with E-state index in [0.29, 0.717) is 5.95 Å². The number of fused-ring (bicyclic) bond motifs is 1. The van der Waals surface area contributed by atoms with Crippen LogP contribution in [0.15, 0.2) is 53.1 Å². The fourth-order valence-electron chi connectivity index (χ4n) is 2.05. The number of methoxy groups -OCH3 is 1. The second-order valence-corrected chi connectivity index (χ2v) is 3.78. The van der Waals surface area contributed by atoms with E-state index in [0.717, 1.165) is 16.7 Å². The molecule has 0 saturated carbocycles. The van der Waals surface area contributed by atoms with Gasteiger partial charge in [-0.05, 0) is 41.0 Å². The van der Waals surface area contributed by atoms with Crippen LogP contribution in [-0.2, 0) is 0 Å². The Kier molecular flexibility index (Phi) is 2.33. The molecule has 0 spiro atoms. The van der Waals surface area contributed by atoms with Gasteiger partial charge in [-0.25, -0.2) is 0 Å². The van der Waals surface area contributed by atoms with Crippen molar-refractivity contribution < 1.29 is 9.15 Å². The maximum absolute atomic E-state index is 5.31. The molecular weight excluding hydrogens is 212 g/mol. The molecule has 2 nitrogen and oxygen atoms in total. The van der Waals surface area contributed by atoms with Gasteiger partial charge in [-0.2, -0.15) is 0 Å². The topological polar surface area (TPSA) is 22.4 Å². The summed E-state index contributed by atoms with van der Waals surface area (Å²) in [6, 6.07) is 17.1. The van der Waals surface area contributed by atoms with Gasteiger partial charge >= 0.3 is 0 Å². The number of hydrogen-bond acceptors (Lipinski definition) is 2. The first-order chi connectivity index (χ1) is 8.40. The lowest BCUT2D eigenvalue weighted by molar-refractivity contribution is 0.299. The summed E-state index contributed by atoms with van der Waals surface area (Å²) in [5, 5.41) is 0. The highest BCUT2D eigenvalue weighted by Gasteiger charge is 2.16. The zero-order valence-electron chi connectivity index (χ0n) is 9.44. The lowest BCUT2D eigenvalue weighted by Gasteiger charge is -2.07. The molecule has 0 fully saturated rings. The third kappa shape index (κ3) is 1.58. The largest absolute Gasteiger partial charge is 0.468 e. The lowest BCUT2D eigenvalue weighted by Crippen LogP contribution is -1.86. The summed E-state index contributed by atoms with van der Waals surface area (Å²) in [4.78, 5) is 0. The summed E-state index contributed by atoms with van der Waals surface area (Å²) >= 11 is 0. The van der Waals surface area contributed by atoms with E-state index in [2.05, 4.69) is 18.2 Å². The van der Waals surface area contributed by atoms with Crippen LogP contribution in [0.4, 0.5) is 0 Å². The molecule has 0 amide bonds. The molecular formula is C15H11O2. The summed E-state index contributed by atoms with van der Waals surface area (Å²) in [5.74, 6) is 0.550.